The highest BCUT2D eigenvalue weighted by molar-refractivity contribution is 5.81. The molecule has 0 saturated heterocycles. The molecule has 0 spiro atoms. The van der Waals surface area contributed by atoms with Crippen molar-refractivity contribution in [1.29, 1.82) is 0 Å². The van der Waals surface area contributed by atoms with Gasteiger partial charge in [-0.2, -0.15) is 0 Å². The van der Waals surface area contributed by atoms with Gasteiger partial charge in [0.15, 0.2) is 11.6 Å². The minimum Gasteiger partial charge on any atom is -0.464 e. The van der Waals surface area contributed by atoms with Gasteiger partial charge in [-0.25, -0.2) is 8.78 Å². The summed E-state index contributed by atoms with van der Waals surface area (Å²) in [4.78, 5) is 0. The highest BCUT2D eigenvalue weighted by atomic mass is 19.2. The smallest absolute Gasteiger partial charge is 0.160 e. The number of hydrogen-bond acceptors (Lipinski definition) is 2. The molecule has 0 radical (unpaired) electrons. The van der Waals surface area contributed by atoms with Crippen LogP contribution in [-0.2, 0) is 6.54 Å². The number of nitrogens with one attached hydrogen (secondary N) is 1. The minimum absolute atomic E-state index is 0.488. The molecule has 2 aromatic carbocycles. The summed E-state index contributed by atoms with van der Waals surface area (Å²) in [5.41, 5.74) is 2.31. The highest BCUT2D eigenvalue weighted by Crippen LogP contribution is 2.22. The summed E-state index contributed by atoms with van der Waals surface area (Å²) in [7, 11) is 0. The molecule has 19 heavy (non-hydrogen) atoms. The number of anilines is 1. The van der Waals surface area contributed by atoms with E-state index in [1.54, 1.807) is 6.26 Å². The third kappa shape index (κ3) is 2.29. The lowest BCUT2D eigenvalue weighted by atomic mass is 10.2. The van der Waals surface area contributed by atoms with Crippen LogP contribution in [0, 0.1) is 11.6 Å². The van der Waals surface area contributed by atoms with E-state index in [4.69, 9.17) is 4.42 Å². The molecule has 1 aromatic heterocycles. The quantitative estimate of drug-likeness (QED) is 0.757. The molecule has 0 amide bonds. The fourth-order valence-electron chi connectivity index (χ4n) is 1.97. The Morgan fingerprint density at radius 2 is 1.84 bits per heavy atom. The summed E-state index contributed by atoms with van der Waals surface area (Å²) in [5, 5.41) is 4.05. The first kappa shape index (κ1) is 11.7. The molecule has 96 valence electrons. The monoisotopic (exact) mass is 259 g/mol. The maximum absolute atomic E-state index is 13.1. The van der Waals surface area contributed by atoms with E-state index in [0.29, 0.717) is 12.2 Å². The summed E-state index contributed by atoms with van der Waals surface area (Å²) < 4.78 is 31.3. The van der Waals surface area contributed by atoms with Crippen LogP contribution in [0.3, 0.4) is 0 Å². The molecule has 0 aliphatic rings. The van der Waals surface area contributed by atoms with Crippen LogP contribution in [-0.4, -0.2) is 0 Å². The second-order valence-corrected chi connectivity index (χ2v) is 4.24. The Morgan fingerprint density at radius 1 is 1.00 bits per heavy atom. The molecule has 0 unspecified atom stereocenters. The second kappa shape index (κ2) is 4.72. The SMILES string of the molecule is Fc1ccc(NCc2coc3ccccc23)cc1F. The van der Waals surface area contributed by atoms with Gasteiger partial charge < -0.3 is 9.73 Å². The van der Waals surface area contributed by atoms with Gasteiger partial charge in [-0.3, -0.25) is 0 Å². The number of hydrogen-bond donors (Lipinski definition) is 1. The lowest BCUT2D eigenvalue weighted by Crippen LogP contribution is -1.99. The normalized spacial score (nSPS) is 10.8. The van der Waals surface area contributed by atoms with Crippen LogP contribution >= 0.6 is 0 Å². The number of fused-ring (bicyclic) bond motifs is 1. The molecule has 0 aliphatic carbocycles. The molecular weight excluding hydrogens is 248 g/mol. The first-order valence-corrected chi connectivity index (χ1v) is 5.88. The van der Waals surface area contributed by atoms with Crippen LogP contribution in [0.25, 0.3) is 11.0 Å². The van der Waals surface area contributed by atoms with E-state index in [-0.39, 0.29) is 0 Å². The summed E-state index contributed by atoms with van der Waals surface area (Å²) in [5.74, 6) is -1.71. The Balaban J connectivity index is 1.80. The number of furan rings is 1. The largest absolute Gasteiger partial charge is 0.464 e. The fourth-order valence-corrected chi connectivity index (χ4v) is 1.97. The summed E-state index contributed by atoms with van der Waals surface area (Å²) in [6, 6.07) is 11.4. The van der Waals surface area contributed by atoms with E-state index < -0.39 is 11.6 Å². The maximum atomic E-state index is 13.1. The predicted octanol–water partition coefficient (Wildman–Crippen LogP) is 4.32. The van der Waals surface area contributed by atoms with E-state index in [0.717, 1.165) is 28.7 Å². The van der Waals surface area contributed by atoms with Gasteiger partial charge in [-0.15, -0.1) is 0 Å². The van der Waals surface area contributed by atoms with E-state index >= 15 is 0 Å². The lowest BCUT2D eigenvalue weighted by Gasteiger charge is -2.05. The minimum atomic E-state index is -0.859. The summed E-state index contributed by atoms with van der Waals surface area (Å²) in [6.07, 6.45) is 1.66. The van der Waals surface area contributed by atoms with Crippen LogP contribution < -0.4 is 5.32 Å². The molecule has 0 aliphatic heterocycles. The van der Waals surface area contributed by atoms with Gasteiger partial charge in [0.2, 0.25) is 0 Å². The zero-order chi connectivity index (χ0) is 13.2. The highest BCUT2D eigenvalue weighted by Gasteiger charge is 2.06. The van der Waals surface area contributed by atoms with Gasteiger partial charge >= 0.3 is 0 Å². The van der Waals surface area contributed by atoms with Crippen molar-refractivity contribution in [2.75, 3.05) is 5.32 Å². The van der Waals surface area contributed by atoms with E-state index in [2.05, 4.69) is 5.32 Å². The molecule has 3 aromatic rings. The van der Waals surface area contributed by atoms with Crippen LogP contribution in [0.4, 0.5) is 14.5 Å². The molecule has 0 atom stereocenters. The van der Waals surface area contributed by atoms with Gasteiger partial charge in [0.25, 0.3) is 0 Å². The molecule has 0 fully saturated rings. The van der Waals surface area contributed by atoms with Gasteiger partial charge in [0, 0.05) is 29.2 Å². The average Bonchev–Trinajstić information content (AvgIpc) is 2.83. The third-order valence-corrected chi connectivity index (χ3v) is 2.96. The number of rotatable bonds is 3. The molecule has 0 bridgehead atoms. The maximum Gasteiger partial charge on any atom is 0.160 e. The Kier molecular flexibility index (Phi) is 2.91. The summed E-state index contributed by atoms with van der Waals surface area (Å²) in [6.45, 7) is 0.488. The van der Waals surface area contributed by atoms with E-state index in [1.165, 1.54) is 6.07 Å². The zero-order valence-corrected chi connectivity index (χ0v) is 9.99. The first-order chi connectivity index (χ1) is 9.24. The third-order valence-electron chi connectivity index (χ3n) is 2.96. The number of para-hydroxylation sites is 1. The fraction of sp³-hybridized carbons (Fsp3) is 0.0667. The van der Waals surface area contributed by atoms with E-state index in [1.807, 2.05) is 24.3 Å². The molecule has 1 heterocycles. The zero-order valence-electron chi connectivity index (χ0n) is 9.99. The van der Waals surface area contributed by atoms with Gasteiger partial charge in [0.1, 0.15) is 5.58 Å². The number of benzene rings is 2. The van der Waals surface area contributed by atoms with Gasteiger partial charge in [0.05, 0.1) is 6.26 Å². The second-order valence-electron chi connectivity index (χ2n) is 4.24. The van der Waals surface area contributed by atoms with Crippen LogP contribution in [0.2, 0.25) is 0 Å². The van der Waals surface area contributed by atoms with Crippen LogP contribution in [0.15, 0.2) is 53.1 Å². The molecular formula is C15H11F2NO. The Morgan fingerprint density at radius 3 is 2.68 bits per heavy atom. The van der Waals surface area contributed by atoms with Crippen molar-refractivity contribution in [3.63, 3.8) is 0 Å². The van der Waals surface area contributed by atoms with Gasteiger partial charge in [-0.05, 0) is 18.2 Å². The molecule has 4 heteroatoms. The lowest BCUT2D eigenvalue weighted by molar-refractivity contribution is 0.509. The van der Waals surface area contributed by atoms with Crippen molar-refractivity contribution in [3.05, 3.63) is 65.9 Å². The van der Waals surface area contributed by atoms with Crippen LogP contribution in [0.1, 0.15) is 5.56 Å². The Bertz CT molecular complexity index is 721. The van der Waals surface area contributed by atoms with E-state index in [9.17, 15) is 8.78 Å². The Hall–Kier alpha value is -2.36. The van der Waals surface area contributed by atoms with Crippen molar-refractivity contribution < 1.29 is 13.2 Å². The molecule has 3 rings (SSSR count). The number of halogens is 2. The van der Waals surface area contributed by atoms with Crippen molar-refractivity contribution >= 4 is 16.7 Å². The van der Waals surface area contributed by atoms with Gasteiger partial charge in [-0.1, -0.05) is 18.2 Å². The van der Waals surface area contributed by atoms with Crippen molar-refractivity contribution in [3.8, 4) is 0 Å². The molecule has 2 nitrogen and oxygen atoms in total. The van der Waals surface area contributed by atoms with Crippen molar-refractivity contribution in [2.24, 2.45) is 0 Å². The van der Waals surface area contributed by atoms with Crippen molar-refractivity contribution in [2.45, 2.75) is 6.54 Å². The topological polar surface area (TPSA) is 25.2 Å². The predicted molar refractivity (Wildman–Crippen MR) is 69.9 cm³/mol. The van der Waals surface area contributed by atoms with Crippen LogP contribution in [0.5, 0.6) is 0 Å². The molecule has 0 saturated carbocycles. The summed E-state index contributed by atoms with van der Waals surface area (Å²) >= 11 is 0. The Labute approximate surface area is 108 Å². The first-order valence-electron chi connectivity index (χ1n) is 5.88. The molecule has 1 N–H and O–H groups in total. The van der Waals surface area contributed by atoms with Crippen molar-refractivity contribution in [1.82, 2.24) is 0 Å². The average molecular weight is 259 g/mol. The standard InChI is InChI=1S/C15H11F2NO/c16-13-6-5-11(7-14(13)17)18-8-10-9-19-15-4-2-1-3-12(10)15/h1-7,9,18H,8H2.